The Morgan fingerprint density at radius 2 is 1.71 bits per heavy atom. The molecule has 4 rings (SSSR count). The van der Waals surface area contributed by atoms with Gasteiger partial charge in [-0.25, -0.2) is 4.98 Å². The molecule has 0 atom stereocenters. The molecule has 3 aromatic heterocycles. The topological polar surface area (TPSA) is 102 Å². The zero-order valence-electron chi connectivity index (χ0n) is 15.0. The van der Waals surface area contributed by atoms with Crippen LogP contribution in [-0.4, -0.2) is 57.3 Å². The highest BCUT2D eigenvalue weighted by molar-refractivity contribution is 5.91. The summed E-state index contributed by atoms with van der Waals surface area (Å²) in [6, 6.07) is 8.04. The van der Waals surface area contributed by atoms with Crippen LogP contribution < -0.4 is 5.56 Å². The van der Waals surface area contributed by atoms with Crippen molar-refractivity contribution in [3.8, 4) is 11.5 Å². The summed E-state index contributed by atoms with van der Waals surface area (Å²) in [6.07, 6.45) is 4.30. The number of carbonyl (C=O) groups excluding carboxylic acids is 2. The lowest BCUT2D eigenvalue weighted by molar-refractivity contribution is -0.133. The van der Waals surface area contributed by atoms with Crippen molar-refractivity contribution in [3.63, 3.8) is 0 Å². The molecular formula is C19H18N4O5. The van der Waals surface area contributed by atoms with Crippen LogP contribution in [0.25, 0.3) is 11.5 Å². The van der Waals surface area contributed by atoms with Gasteiger partial charge in [-0.3, -0.25) is 19.0 Å². The van der Waals surface area contributed by atoms with Crippen LogP contribution in [0.15, 0.2) is 62.8 Å². The molecule has 0 spiro atoms. The first kappa shape index (κ1) is 17.8. The molecule has 2 amide bonds. The number of hydrogen-bond donors (Lipinski definition) is 0. The molecule has 4 heterocycles. The highest BCUT2D eigenvalue weighted by atomic mass is 16.3. The molecule has 1 aliphatic heterocycles. The van der Waals surface area contributed by atoms with Crippen molar-refractivity contribution in [1.29, 1.82) is 0 Å². The van der Waals surface area contributed by atoms with Crippen molar-refractivity contribution in [2.45, 2.75) is 6.54 Å². The van der Waals surface area contributed by atoms with E-state index in [1.165, 1.54) is 29.5 Å². The fourth-order valence-corrected chi connectivity index (χ4v) is 3.06. The summed E-state index contributed by atoms with van der Waals surface area (Å²) in [5.41, 5.74) is 0.0881. The van der Waals surface area contributed by atoms with Crippen LogP contribution in [0, 0.1) is 0 Å². The van der Waals surface area contributed by atoms with Gasteiger partial charge < -0.3 is 18.6 Å². The number of hydrogen-bond acceptors (Lipinski definition) is 6. The van der Waals surface area contributed by atoms with E-state index in [4.69, 9.17) is 8.83 Å². The van der Waals surface area contributed by atoms with Crippen LogP contribution in [0.4, 0.5) is 0 Å². The molecule has 0 aromatic carbocycles. The van der Waals surface area contributed by atoms with E-state index in [9.17, 15) is 14.4 Å². The largest absolute Gasteiger partial charge is 0.463 e. The number of piperazine rings is 1. The second kappa shape index (κ2) is 7.55. The van der Waals surface area contributed by atoms with Crippen molar-refractivity contribution < 1.29 is 18.4 Å². The van der Waals surface area contributed by atoms with E-state index in [2.05, 4.69) is 4.98 Å². The molecule has 0 saturated carbocycles. The van der Waals surface area contributed by atoms with Gasteiger partial charge >= 0.3 is 0 Å². The highest BCUT2D eigenvalue weighted by Gasteiger charge is 2.26. The molecule has 0 N–H and O–H groups in total. The summed E-state index contributed by atoms with van der Waals surface area (Å²) >= 11 is 0. The predicted molar refractivity (Wildman–Crippen MR) is 97.4 cm³/mol. The summed E-state index contributed by atoms with van der Waals surface area (Å²) in [6.45, 7) is 1.53. The van der Waals surface area contributed by atoms with E-state index >= 15 is 0 Å². The van der Waals surface area contributed by atoms with Crippen molar-refractivity contribution in [2.75, 3.05) is 26.2 Å². The van der Waals surface area contributed by atoms with Crippen LogP contribution in [0.1, 0.15) is 10.6 Å². The first-order valence-corrected chi connectivity index (χ1v) is 8.83. The summed E-state index contributed by atoms with van der Waals surface area (Å²) in [7, 11) is 0. The summed E-state index contributed by atoms with van der Waals surface area (Å²) in [4.78, 5) is 44.5. The van der Waals surface area contributed by atoms with Crippen LogP contribution in [0.3, 0.4) is 0 Å². The van der Waals surface area contributed by atoms with E-state index in [-0.39, 0.29) is 29.7 Å². The smallest absolute Gasteiger partial charge is 0.289 e. The molecule has 1 saturated heterocycles. The van der Waals surface area contributed by atoms with Crippen LogP contribution in [0.5, 0.6) is 0 Å². The Morgan fingerprint density at radius 3 is 2.36 bits per heavy atom. The van der Waals surface area contributed by atoms with E-state index < -0.39 is 0 Å². The fourth-order valence-electron chi connectivity index (χ4n) is 3.06. The monoisotopic (exact) mass is 382 g/mol. The van der Waals surface area contributed by atoms with E-state index in [1.54, 1.807) is 34.1 Å². The summed E-state index contributed by atoms with van der Waals surface area (Å²) in [5, 5.41) is 0. The minimum absolute atomic E-state index is 0.101. The maximum absolute atomic E-state index is 12.5. The average Bonchev–Trinajstić information content (AvgIpc) is 3.43. The lowest BCUT2D eigenvalue weighted by Gasteiger charge is -2.34. The Bertz CT molecular complexity index is 1020. The quantitative estimate of drug-likeness (QED) is 0.669. The van der Waals surface area contributed by atoms with Crippen molar-refractivity contribution in [3.05, 3.63) is 65.3 Å². The number of aromatic nitrogens is 2. The van der Waals surface area contributed by atoms with Crippen LogP contribution in [-0.2, 0) is 11.3 Å². The van der Waals surface area contributed by atoms with E-state index in [0.29, 0.717) is 37.6 Å². The standard InChI is InChI=1S/C19H18N4O5/c24-17-11-14(15-3-1-9-27-15)20-13-23(17)12-18(25)21-5-7-22(8-6-21)19(26)16-4-2-10-28-16/h1-4,9-11,13H,5-8,12H2. The van der Waals surface area contributed by atoms with Gasteiger partial charge in [0.2, 0.25) is 5.91 Å². The maximum atomic E-state index is 12.5. The Hall–Kier alpha value is -3.62. The molecule has 144 valence electrons. The summed E-state index contributed by atoms with van der Waals surface area (Å²) < 4.78 is 11.6. The molecule has 0 bridgehead atoms. The number of rotatable bonds is 4. The number of nitrogens with zero attached hydrogens (tertiary/aromatic N) is 4. The molecule has 0 radical (unpaired) electrons. The second-order valence-corrected chi connectivity index (χ2v) is 6.37. The van der Waals surface area contributed by atoms with Crippen LogP contribution >= 0.6 is 0 Å². The normalized spacial score (nSPS) is 14.3. The molecule has 1 aliphatic rings. The van der Waals surface area contributed by atoms with Crippen molar-refractivity contribution in [2.24, 2.45) is 0 Å². The van der Waals surface area contributed by atoms with Crippen molar-refractivity contribution >= 4 is 11.8 Å². The van der Waals surface area contributed by atoms with Gasteiger partial charge in [0.1, 0.15) is 12.2 Å². The second-order valence-electron chi connectivity index (χ2n) is 6.37. The Labute approximate surface area is 159 Å². The Kier molecular flexibility index (Phi) is 4.79. The number of amides is 2. The van der Waals surface area contributed by atoms with Gasteiger partial charge in [-0.2, -0.15) is 0 Å². The van der Waals surface area contributed by atoms with Crippen LogP contribution in [0.2, 0.25) is 0 Å². The van der Waals surface area contributed by atoms with E-state index in [1.807, 2.05) is 0 Å². The third-order valence-electron chi connectivity index (χ3n) is 4.61. The third kappa shape index (κ3) is 3.59. The SMILES string of the molecule is O=C(Cn1cnc(-c2ccco2)cc1=O)N1CCN(C(=O)c2ccco2)CC1. The Morgan fingerprint density at radius 1 is 1.00 bits per heavy atom. The molecule has 1 fully saturated rings. The van der Waals surface area contributed by atoms with Gasteiger partial charge in [0.05, 0.1) is 18.9 Å². The fraction of sp³-hybridized carbons (Fsp3) is 0.263. The molecule has 0 unspecified atom stereocenters. The summed E-state index contributed by atoms with van der Waals surface area (Å²) in [5.74, 6) is 0.396. The van der Waals surface area contributed by atoms with Gasteiger partial charge in [0.25, 0.3) is 11.5 Å². The van der Waals surface area contributed by atoms with Gasteiger partial charge in [-0.05, 0) is 24.3 Å². The molecule has 0 aliphatic carbocycles. The molecule has 9 heteroatoms. The number of furan rings is 2. The highest BCUT2D eigenvalue weighted by Crippen LogP contribution is 2.14. The predicted octanol–water partition coefficient (Wildman–Crippen LogP) is 1.08. The molecular weight excluding hydrogens is 364 g/mol. The molecule has 9 nitrogen and oxygen atoms in total. The van der Waals surface area contributed by atoms with E-state index in [0.717, 1.165) is 0 Å². The average molecular weight is 382 g/mol. The van der Waals surface area contributed by atoms with Gasteiger partial charge in [0.15, 0.2) is 11.5 Å². The van der Waals surface area contributed by atoms with Gasteiger partial charge in [-0.1, -0.05) is 0 Å². The zero-order chi connectivity index (χ0) is 19.5. The van der Waals surface area contributed by atoms with Gasteiger partial charge in [-0.15, -0.1) is 0 Å². The minimum Gasteiger partial charge on any atom is -0.463 e. The molecule has 3 aromatic rings. The third-order valence-corrected chi connectivity index (χ3v) is 4.61. The Balaban J connectivity index is 1.36. The maximum Gasteiger partial charge on any atom is 0.289 e. The van der Waals surface area contributed by atoms with Gasteiger partial charge in [0, 0.05) is 32.2 Å². The van der Waals surface area contributed by atoms with Crippen molar-refractivity contribution in [1.82, 2.24) is 19.4 Å². The lowest BCUT2D eigenvalue weighted by Crippen LogP contribution is -2.51. The molecule has 28 heavy (non-hydrogen) atoms. The minimum atomic E-state index is -0.332. The lowest BCUT2D eigenvalue weighted by atomic mass is 10.2. The first-order valence-electron chi connectivity index (χ1n) is 8.83. The zero-order valence-corrected chi connectivity index (χ0v) is 15.0. The number of carbonyl (C=O) groups is 2. The first-order chi connectivity index (χ1) is 13.6.